The van der Waals surface area contributed by atoms with Gasteiger partial charge in [-0.2, -0.15) is 4.98 Å². The number of halogens is 1. The smallest absolute Gasteiger partial charge is 0.231 e. The number of aryl methyl sites for hydroxylation is 1. The molecule has 1 aromatic heterocycles. The molecule has 0 aliphatic heterocycles. The first-order valence-corrected chi connectivity index (χ1v) is 9.95. The molecule has 0 fully saturated rings. The normalized spacial score (nSPS) is 10.3. The Morgan fingerprint density at radius 2 is 1.79 bits per heavy atom. The molecule has 1 heterocycles. The van der Waals surface area contributed by atoms with E-state index in [1.54, 1.807) is 0 Å². The lowest BCUT2D eigenvalue weighted by Crippen LogP contribution is -2.28. The molecule has 0 radical (unpaired) electrons. The maximum atomic E-state index is 5.90. The molecule has 0 atom stereocenters. The maximum Gasteiger partial charge on any atom is 0.231 e. The third-order valence-electron chi connectivity index (χ3n) is 3.88. The highest BCUT2D eigenvalue weighted by Crippen LogP contribution is 2.20. The van der Waals surface area contributed by atoms with Crippen LogP contribution in [-0.4, -0.2) is 21.7 Å². The fourth-order valence-corrected chi connectivity index (χ4v) is 2.86. The van der Waals surface area contributed by atoms with Gasteiger partial charge in [0.1, 0.15) is 11.6 Å². The van der Waals surface area contributed by atoms with Gasteiger partial charge < -0.3 is 20.7 Å². The van der Waals surface area contributed by atoms with Crippen LogP contribution in [0.3, 0.4) is 0 Å². The second kappa shape index (κ2) is 10.0. The van der Waals surface area contributed by atoms with Crippen molar-refractivity contribution in [2.24, 2.45) is 0 Å². The van der Waals surface area contributed by atoms with E-state index < -0.39 is 0 Å². The van der Waals surface area contributed by atoms with Crippen molar-refractivity contribution in [3.63, 3.8) is 0 Å². The molecule has 3 N–H and O–H groups in total. The molecule has 8 heteroatoms. The van der Waals surface area contributed by atoms with Crippen molar-refractivity contribution in [3.8, 4) is 5.75 Å². The Kier molecular flexibility index (Phi) is 7.21. The quantitative estimate of drug-likeness (QED) is 0.455. The average Bonchev–Trinajstić information content (AvgIpc) is 2.69. The Morgan fingerprint density at radius 3 is 2.48 bits per heavy atom. The Balaban J connectivity index is 1.60. The van der Waals surface area contributed by atoms with Gasteiger partial charge in [0.2, 0.25) is 5.95 Å². The van der Waals surface area contributed by atoms with Gasteiger partial charge in [-0.15, -0.1) is 0 Å². The van der Waals surface area contributed by atoms with E-state index in [1.165, 1.54) is 0 Å². The van der Waals surface area contributed by atoms with E-state index in [4.69, 9.17) is 28.6 Å². The van der Waals surface area contributed by atoms with E-state index >= 15 is 0 Å². The summed E-state index contributed by atoms with van der Waals surface area (Å²) in [5.41, 5.74) is 2.79. The van der Waals surface area contributed by atoms with Crippen molar-refractivity contribution in [1.29, 1.82) is 0 Å². The van der Waals surface area contributed by atoms with Crippen molar-refractivity contribution >= 4 is 46.4 Å². The second-order valence-electron chi connectivity index (χ2n) is 6.23. The number of benzene rings is 2. The lowest BCUT2D eigenvalue weighted by Gasteiger charge is -2.12. The van der Waals surface area contributed by atoms with Crippen molar-refractivity contribution in [1.82, 2.24) is 15.3 Å². The fourth-order valence-electron chi connectivity index (χ4n) is 2.57. The molecular weight excluding hydrogens is 406 g/mol. The summed E-state index contributed by atoms with van der Waals surface area (Å²) in [6.07, 6.45) is 0. The van der Waals surface area contributed by atoms with Gasteiger partial charge >= 0.3 is 0 Å². The van der Waals surface area contributed by atoms with E-state index in [0.717, 1.165) is 22.7 Å². The predicted octanol–water partition coefficient (Wildman–Crippen LogP) is 5.07. The average molecular weight is 428 g/mol. The number of nitrogens with zero attached hydrogens (tertiary/aromatic N) is 2. The van der Waals surface area contributed by atoms with Gasteiger partial charge in [-0.25, -0.2) is 4.98 Å². The third kappa shape index (κ3) is 6.58. The van der Waals surface area contributed by atoms with Gasteiger partial charge in [0.25, 0.3) is 0 Å². The number of hydrogen-bond acceptors (Lipinski definition) is 5. The highest BCUT2D eigenvalue weighted by Gasteiger charge is 2.06. The molecule has 0 aliphatic rings. The van der Waals surface area contributed by atoms with E-state index in [-0.39, 0.29) is 0 Å². The Hall–Kier alpha value is -2.90. The topological polar surface area (TPSA) is 71.1 Å². The van der Waals surface area contributed by atoms with Gasteiger partial charge in [-0.3, -0.25) is 0 Å². The minimum absolute atomic E-state index is 0.423. The summed E-state index contributed by atoms with van der Waals surface area (Å²) < 4.78 is 5.46. The number of aromatic nitrogens is 2. The molecule has 0 saturated carbocycles. The molecule has 0 unspecified atom stereocenters. The van der Waals surface area contributed by atoms with Crippen molar-refractivity contribution in [2.75, 3.05) is 17.2 Å². The zero-order chi connectivity index (χ0) is 20.6. The highest BCUT2D eigenvalue weighted by molar-refractivity contribution is 7.80. The van der Waals surface area contributed by atoms with E-state index in [1.807, 2.05) is 68.4 Å². The van der Waals surface area contributed by atoms with Gasteiger partial charge in [0.15, 0.2) is 5.11 Å². The number of anilines is 3. The summed E-state index contributed by atoms with van der Waals surface area (Å²) in [5, 5.41) is 10.6. The van der Waals surface area contributed by atoms with Crippen molar-refractivity contribution in [2.45, 2.75) is 20.4 Å². The molecule has 6 nitrogen and oxygen atoms in total. The van der Waals surface area contributed by atoms with Crippen LogP contribution < -0.4 is 20.7 Å². The van der Waals surface area contributed by atoms with Crippen LogP contribution >= 0.6 is 23.8 Å². The molecule has 0 amide bonds. The lowest BCUT2D eigenvalue weighted by atomic mass is 10.2. The number of thiocarbonyl (C=S) groups is 1. The molecular formula is C21H22ClN5OS. The van der Waals surface area contributed by atoms with Crippen LogP contribution in [0.4, 0.5) is 17.5 Å². The molecule has 2 aromatic carbocycles. The summed E-state index contributed by atoms with van der Waals surface area (Å²) in [6.45, 7) is 5.07. The number of hydrogen-bond donors (Lipinski definition) is 3. The number of rotatable bonds is 7. The first-order valence-electron chi connectivity index (χ1n) is 9.16. The maximum absolute atomic E-state index is 5.90. The summed E-state index contributed by atoms with van der Waals surface area (Å²) >= 11 is 11.3. The monoisotopic (exact) mass is 427 g/mol. The minimum Gasteiger partial charge on any atom is -0.494 e. The van der Waals surface area contributed by atoms with Gasteiger partial charge in [0.05, 0.1) is 6.61 Å². The fraction of sp³-hybridized carbons (Fsp3) is 0.190. The van der Waals surface area contributed by atoms with E-state index in [2.05, 4.69) is 25.9 Å². The molecule has 0 spiro atoms. The van der Waals surface area contributed by atoms with Crippen LogP contribution in [0.1, 0.15) is 18.2 Å². The molecule has 0 aliphatic carbocycles. The molecule has 150 valence electrons. The van der Waals surface area contributed by atoms with Gasteiger partial charge in [-0.1, -0.05) is 23.7 Å². The zero-order valence-electron chi connectivity index (χ0n) is 16.2. The molecule has 3 aromatic rings. The summed E-state index contributed by atoms with van der Waals surface area (Å²) in [5.74, 6) is 1.92. The molecule has 0 saturated heterocycles. The molecule has 29 heavy (non-hydrogen) atoms. The Labute approximate surface area is 180 Å². The first kappa shape index (κ1) is 20.8. The van der Waals surface area contributed by atoms with Crippen molar-refractivity contribution in [3.05, 3.63) is 70.9 Å². The molecule has 0 bridgehead atoms. The summed E-state index contributed by atoms with van der Waals surface area (Å²) in [7, 11) is 0. The van der Waals surface area contributed by atoms with E-state index in [9.17, 15) is 0 Å². The second-order valence-corrected chi connectivity index (χ2v) is 7.08. The Bertz CT molecular complexity index is 964. The van der Waals surface area contributed by atoms with E-state index in [0.29, 0.717) is 35.1 Å². The standard InChI is InChI=1S/C21H22ClN5OS/c1-3-28-18-10-8-17(9-11-18)25-19-12-14(2)24-20(26-19)27-21(29)23-13-15-4-6-16(22)7-5-15/h4-12H,3,13H2,1-2H3,(H3,23,24,25,26,27,29). The van der Waals surface area contributed by atoms with Crippen LogP contribution in [0.5, 0.6) is 5.75 Å². The van der Waals surface area contributed by atoms with Gasteiger partial charge in [0, 0.05) is 29.0 Å². The predicted molar refractivity (Wildman–Crippen MR) is 122 cm³/mol. The highest BCUT2D eigenvalue weighted by atomic mass is 35.5. The Morgan fingerprint density at radius 1 is 1.07 bits per heavy atom. The SMILES string of the molecule is CCOc1ccc(Nc2cc(C)nc(NC(=S)NCc3ccc(Cl)cc3)n2)cc1. The van der Waals surface area contributed by atoms with Crippen LogP contribution in [0.15, 0.2) is 54.6 Å². The third-order valence-corrected chi connectivity index (χ3v) is 4.38. The molecule has 3 rings (SSSR count). The first-order chi connectivity index (χ1) is 14.0. The van der Waals surface area contributed by atoms with Crippen LogP contribution in [-0.2, 0) is 6.54 Å². The largest absolute Gasteiger partial charge is 0.494 e. The summed E-state index contributed by atoms with van der Waals surface area (Å²) in [4.78, 5) is 8.88. The minimum atomic E-state index is 0.423. The zero-order valence-corrected chi connectivity index (χ0v) is 17.8. The van der Waals surface area contributed by atoms with Gasteiger partial charge in [-0.05, 0) is 68.0 Å². The number of ether oxygens (including phenoxy) is 1. The van der Waals surface area contributed by atoms with Crippen LogP contribution in [0.25, 0.3) is 0 Å². The van der Waals surface area contributed by atoms with Crippen LogP contribution in [0.2, 0.25) is 5.02 Å². The van der Waals surface area contributed by atoms with Crippen LogP contribution in [0, 0.1) is 6.92 Å². The number of nitrogens with one attached hydrogen (secondary N) is 3. The lowest BCUT2D eigenvalue weighted by molar-refractivity contribution is 0.340. The van der Waals surface area contributed by atoms with Crippen molar-refractivity contribution < 1.29 is 4.74 Å². The summed E-state index contributed by atoms with van der Waals surface area (Å²) in [6, 6.07) is 17.1.